The van der Waals surface area contributed by atoms with Gasteiger partial charge in [-0.05, 0) is 12.1 Å². The summed E-state index contributed by atoms with van der Waals surface area (Å²) in [4.78, 5) is 0.963. The van der Waals surface area contributed by atoms with Gasteiger partial charge in [-0.25, -0.2) is 13.6 Å². The van der Waals surface area contributed by atoms with Crippen LogP contribution in [-0.4, -0.2) is 21.6 Å². The summed E-state index contributed by atoms with van der Waals surface area (Å²) >= 11 is 2.66. The number of primary sulfonamides is 1. The highest BCUT2D eigenvalue weighted by molar-refractivity contribution is 7.91. The molecule has 17 heavy (non-hydrogen) atoms. The Kier molecular flexibility index (Phi) is 2.73. The van der Waals surface area contributed by atoms with E-state index in [-0.39, 0.29) is 10.5 Å². The molecule has 2 aromatic rings. The number of ether oxygens (including phenoxy) is 2. The van der Waals surface area contributed by atoms with Gasteiger partial charge in [-0.2, -0.15) is 0 Å². The summed E-state index contributed by atoms with van der Waals surface area (Å²) in [5.41, 5.74) is 0. The average molecular weight is 291 g/mol. The van der Waals surface area contributed by atoms with E-state index in [1.54, 1.807) is 6.07 Å². The Balaban J connectivity index is 2.01. The average Bonchev–Trinajstić information content (AvgIpc) is 2.90. The summed E-state index contributed by atoms with van der Waals surface area (Å²) in [6.45, 7) is 1.19. The van der Waals surface area contributed by atoms with Crippen LogP contribution in [0.4, 0.5) is 0 Å². The number of hydrogen-bond donors (Lipinski definition) is 1. The quantitative estimate of drug-likeness (QED) is 0.912. The molecule has 3 rings (SSSR count). The number of nitrogens with two attached hydrogens (primary N) is 1. The van der Waals surface area contributed by atoms with Gasteiger partial charge < -0.3 is 9.47 Å². The van der Waals surface area contributed by atoms with Crippen molar-refractivity contribution in [3.8, 4) is 0 Å². The van der Waals surface area contributed by atoms with Gasteiger partial charge in [0, 0.05) is 5.39 Å². The topological polar surface area (TPSA) is 78.6 Å². The second-order valence-electron chi connectivity index (χ2n) is 3.58. The number of fused-ring (bicyclic) bond motifs is 1. The maximum atomic E-state index is 11.2. The molecule has 0 atom stereocenters. The van der Waals surface area contributed by atoms with Crippen molar-refractivity contribution in [3.05, 3.63) is 17.0 Å². The zero-order chi connectivity index (χ0) is 12.0. The molecule has 0 radical (unpaired) electrons. The van der Waals surface area contributed by atoms with Crippen LogP contribution in [0, 0.1) is 0 Å². The van der Waals surface area contributed by atoms with Crippen molar-refractivity contribution in [2.45, 2.75) is 10.5 Å². The van der Waals surface area contributed by atoms with Crippen LogP contribution in [0.5, 0.6) is 0 Å². The fourth-order valence-corrected chi connectivity index (χ4v) is 4.98. The number of sulfonamides is 1. The number of rotatable bonds is 2. The summed E-state index contributed by atoms with van der Waals surface area (Å²) in [6.07, 6.45) is -0.308. The molecule has 0 aromatic carbocycles. The molecule has 8 heteroatoms. The van der Waals surface area contributed by atoms with Crippen LogP contribution in [0.1, 0.15) is 11.2 Å². The van der Waals surface area contributed by atoms with Gasteiger partial charge in [-0.3, -0.25) is 0 Å². The van der Waals surface area contributed by atoms with E-state index in [0.717, 1.165) is 14.3 Å². The molecule has 2 N–H and O–H groups in total. The SMILES string of the molecule is NS(=O)(=O)c1cc2cc(C3OCCO3)sc2s1. The van der Waals surface area contributed by atoms with Crippen molar-refractivity contribution in [1.82, 2.24) is 0 Å². The summed E-state index contributed by atoms with van der Waals surface area (Å²) in [7, 11) is -3.60. The molecule has 0 amide bonds. The van der Waals surface area contributed by atoms with E-state index in [2.05, 4.69) is 0 Å². The van der Waals surface area contributed by atoms with Gasteiger partial charge in [0.15, 0.2) is 6.29 Å². The summed E-state index contributed by atoms with van der Waals surface area (Å²) in [5, 5.41) is 5.95. The van der Waals surface area contributed by atoms with Crippen LogP contribution >= 0.6 is 22.7 Å². The Labute approximate surface area is 106 Å². The van der Waals surface area contributed by atoms with Crippen molar-refractivity contribution in [1.29, 1.82) is 0 Å². The highest BCUT2D eigenvalue weighted by Crippen LogP contribution is 2.39. The van der Waals surface area contributed by atoms with E-state index in [9.17, 15) is 8.42 Å². The Bertz CT molecular complexity index is 619. The predicted octanol–water partition coefficient (Wildman–Crippen LogP) is 1.66. The minimum Gasteiger partial charge on any atom is -0.345 e. The molecule has 0 unspecified atom stereocenters. The fourth-order valence-electron chi connectivity index (χ4n) is 1.61. The first-order valence-corrected chi connectivity index (χ1v) is 8.01. The summed E-state index contributed by atoms with van der Waals surface area (Å²) < 4.78 is 34.3. The lowest BCUT2D eigenvalue weighted by atomic mass is 10.3. The molecule has 1 aliphatic rings. The van der Waals surface area contributed by atoms with Gasteiger partial charge in [-0.15, -0.1) is 22.7 Å². The van der Waals surface area contributed by atoms with E-state index < -0.39 is 10.0 Å². The zero-order valence-corrected chi connectivity index (χ0v) is 11.0. The second-order valence-corrected chi connectivity index (χ2v) is 7.76. The van der Waals surface area contributed by atoms with Crippen molar-refractivity contribution < 1.29 is 17.9 Å². The second kappa shape index (κ2) is 4.01. The molecule has 0 aliphatic carbocycles. The van der Waals surface area contributed by atoms with Crippen LogP contribution in [-0.2, 0) is 19.5 Å². The Morgan fingerprint density at radius 3 is 2.53 bits per heavy atom. The molecular weight excluding hydrogens is 282 g/mol. The Morgan fingerprint density at radius 1 is 1.24 bits per heavy atom. The first kappa shape index (κ1) is 11.6. The molecule has 3 heterocycles. The normalized spacial score (nSPS) is 18.2. The smallest absolute Gasteiger partial charge is 0.247 e. The molecule has 5 nitrogen and oxygen atoms in total. The molecule has 1 fully saturated rings. The van der Waals surface area contributed by atoms with Gasteiger partial charge in [0.2, 0.25) is 10.0 Å². The lowest BCUT2D eigenvalue weighted by Gasteiger charge is -2.04. The molecule has 0 bridgehead atoms. The van der Waals surface area contributed by atoms with Gasteiger partial charge in [0.25, 0.3) is 0 Å². The van der Waals surface area contributed by atoms with Gasteiger partial charge in [0.1, 0.15) is 4.21 Å². The zero-order valence-electron chi connectivity index (χ0n) is 8.58. The van der Waals surface area contributed by atoms with E-state index in [1.165, 1.54) is 22.7 Å². The number of hydrogen-bond acceptors (Lipinski definition) is 6. The van der Waals surface area contributed by atoms with Crippen molar-refractivity contribution >= 4 is 42.1 Å². The molecule has 92 valence electrons. The van der Waals surface area contributed by atoms with Crippen LogP contribution in [0.3, 0.4) is 0 Å². The minimum absolute atomic E-state index is 0.193. The largest absolute Gasteiger partial charge is 0.345 e. The van der Waals surface area contributed by atoms with E-state index in [1.807, 2.05) is 6.07 Å². The van der Waals surface area contributed by atoms with Crippen LogP contribution in [0.25, 0.3) is 9.40 Å². The van der Waals surface area contributed by atoms with Crippen molar-refractivity contribution in [2.75, 3.05) is 13.2 Å². The molecule has 1 aliphatic heterocycles. The maximum Gasteiger partial charge on any atom is 0.247 e. The van der Waals surface area contributed by atoms with E-state index >= 15 is 0 Å². The van der Waals surface area contributed by atoms with Crippen molar-refractivity contribution in [2.24, 2.45) is 5.14 Å². The monoisotopic (exact) mass is 291 g/mol. The Morgan fingerprint density at radius 2 is 1.94 bits per heavy atom. The third-order valence-corrected chi connectivity index (χ3v) is 6.18. The van der Waals surface area contributed by atoms with E-state index in [4.69, 9.17) is 14.6 Å². The van der Waals surface area contributed by atoms with E-state index in [0.29, 0.717) is 13.2 Å². The van der Waals surface area contributed by atoms with Gasteiger partial charge >= 0.3 is 0 Å². The van der Waals surface area contributed by atoms with Crippen LogP contribution in [0.15, 0.2) is 16.3 Å². The first-order chi connectivity index (χ1) is 8.04. The lowest BCUT2D eigenvalue weighted by molar-refractivity contribution is -0.0412. The van der Waals surface area contributed by atoms with Crippen LogP contribution < -0.4 is 5.14 Å². The third-order valence-electron chi connectivity index (χ3n) is 2.35. The third kappa shape index (κ3) is 2.12. The molecule has 2 aromatic heterocycles. The number of thiophene rings is 2. The van der Waals surface area contributed by atoms with Gasteiger partial charge in [0.05, 0.1) is 22.1 Å². The highest BCUT2D eigenvalue weighted by Gasteiger charge is 2.22. The molecule has 0 spiro atoms. The lowest BCUT2D eigenvalue weighted by Crippen LogP contribution is -2.09. The standard InChI is InChI=1S/C9H9NO4S3/c10-17(11,12)7-4-5-3-6(15-9(5)16-7)8-13-1-2-14-8/h3-4,8H,1-2H2,(H2,10,11,12). The molecule has 0 saturated carbocycles. The first-order valence-electron chi connectivity index (χ1n) is 4.83. The highest BCUT2D eigenvalue weighted by atomic mass is 32.2. The molecular formula is C9H9NO4S3. The summed E-state index contributed by atoms with van der Waals surface area (Å²) in [5.74, 6) is 0. The van der Waals surface area contributed by atoms with Crippen molar-refractivity contribution in [3.63, 3.8) is 0 Å². The summed E-state index contributed by atoms with van der Waals surface area (Å²) in [6, 6.07) is 3.48. The fraction of sp³-hybridized carbons (Fsp3) is 0.333. The minimum atomic E-state index is -3.60. The Hall–Kier alpha value is -0.510. The predicted molar refractivity (Wildman–Crippen MR) is 65.7 cm³/mol. The molecule has 1 saturated heterocycles. The maximum absolute atomic E-state index is 11.2. The van der Waals surface area contributed by atoms with Crippen LogP contribution in [0.2, 0.25) is 0 Å². The van der Waals surface area contributed by atoms with Gasteiger partial charge in [-0.1, -0.05) is 0 Å².